The van der Waals surface area contributed by atoms with E-state index in [9.17, 15) is 15.0 Å². The highest BCUT2D eigenvalue weighted by molar-refractivity contribution is 5.80. The van der Waals surface area contributed by atoms with E-state index in [0.717, 1.165) is 55.4 Å². The van der Waals surface area contributed by atoms with Gasteiger partial charge in [0.25, 0.3) is 5.56 Å². The number of benzene rings is 1. The number of rotatable bonds is 4. The van der Waals surface area contributed by atoms with Crippen molar-refractivity contribution in [3.63, 3.8) is 0 Å². The van der Waals surface area contributed by atoms with Crippen LogP contribution >= 0.6 is 0 Å². The Kier molecular flexibility index (Phi) is 6.35. The maximum Gasteiger partial charge on any atom is 0.258 e. The lowest BCUT2D eigenvalue weighted by molar-refractivity contribution is -0.174. The van der Waals surface area contributed by atoms with Crippen LogP contribution in [0.5, 0.6) is 0 Å². The summed E-state index contributed by atoms with van der Waals surface area (Å²) in [6.07, 6.45) is 10.2. The Morgan fingerprint density at radius 1 is 1.05 bits per heavy atom. The minimum Gasteiger partial charge on any atom is -0.393 e. The van der Waals surface area contributed by atoms with Crippen molar-refractivity contribution >= 4 is 10.9 Å². The average molecular weight is 507 g/mol. The number of aliphatic hydroxyl groups is 2. The van der Waals surface area contributed by atoms with E-state index in [0.29, 0.717) is 40.9 Å². The molecule has 0 aliphatic heterocycles. The molecule has 5 nitrogen and oxygen atoms in total. The highest BCUT2D eigenvalue weighted by atomic mass is 16.3. The van der Waals surface area contributed by atoms with Gasteiger partial charge in [0, 0.05) is 6.42 Å². The van der Waals surface area contributed by atoms with E-state index in [4.69, 9.17) is 4.98 Å². The molecule has 1 aromatic heterocycles. The van der Waals surface area contributed by atoms with Crippen molar-refractivity contribution in [1.82, 2.24) is 9.97 Å². The van der Waals surface area contributed by atoms with Crippen LogP contribution in [-0.4, -0.2) is 32.4 Å². The van der Waals surface area contributed by atoms with Crippen molar-refractivity contribution in [2.75, 3.05) is 0 Å². The van der Waals surface area contributed by atoms with Crippen molar-refractivity contribution in [3.8, 4) is 0 Å². The lowest BCUT2D eigenvalue weighted by atomic mass is 9.43. The highest BCUT2D eigenvalue weighted by Crippen LogP contribution is 2.68. The first-order valence-corrected chi connectivity index (χ1v) is 15.0. The molecule has 4 fully saturated rings. The van der Waals surface area contributed by atoms with E-state index >= 15 is 0 Å². The van der Waals surface area contributed by atoms with Gasteiger partial charge in [-0.3, -0.25) is 4.79 Å². The fraction of sp³-hybridized carbons (Fsp3) is 0.750. The Morgan fingerprint density at radius 2 is 1.81 bits per heavy atom. The summed E-state index contributed by atoms with van der Waals surface area (Å²) < 4.78 is 0. The number of para-hydroxylation sites is 1. The van der Waals surface area contributed by atoms with Crippen LogP contribution in [0, 0.1) is 53.3 Å². The van der Waals surface area contributed by atoms with E-state index in [-0.39, 0.29) is 28.6 Å². The number of aromatic amines is 1. The van der Waals surface area contributed by atoms with Gasteiger partial charge in [0.1, 0.15) is 5.82 Å². The second kappa shape index (κ2) is 9.19. The normalized spacial score (nSPS) is 42.2. The van der Waals surface area contributed by atoms with Crippen molar-refractivity contribution in [1.29, 1.82) is 0 Å². The molecule has 0 spiro atoms. The lowest BCUT2D eigenvalue weighted by Gasteiger charge is -2.62. The van der Waals surface area contributed by atoms with Crippen LogP contribution in [0.1, 0.15) is 89.9 Å². The number of fused-ring (bicyclic) bond motifs is 6. The van der Waals surface area contributed by atoms with E-state index in [1.54, 1.807) is 0 Å². The van der Waals surface area contributed by atoms with Crippen molar-refractivity contribution < 1.29 is 10.2 Å². The zero-order valence-electron chi connectivity index (χ0n) is 23.2. The number of hydrogen-bond acceptors (Lipinski definition) is 4. The molecule has 1 heterocycles. The fourth-order valence-corrected chi connectivity index (χ4v) is 10.2. The molecule has 2 aromatic rings. The van der Waals surface area contributed by atoms with Crippen LogP contribution < -0.4 is 5.56 Å². The molecular weight excluding hydrogens is 460 g/mol. The smallest absolute Gasteiger partial charge is 0.258 e. The minimum absolute atomic E-state index is 0.0316. The maximum atomic E-state index is 12.7. The van der Waals surface area contributed by atoms with E-state index in [2.05, 4.69) is 25.8 Å². The first-order valence-electron chi connectivity index (χ1n) is 15.0. The Hall–Kier alpha value is -1.72. The minimum atomic E-state index is -0.220. The first kappa shape index (κ1) is 25.6. The summed E-state index contributed by atoms with van der Waals surface area (Å²) in [5.41, 5.74) is 2.40. The van der Waals surface area contributed by atoms with Gasteiger partial charge in [0.2, 0.25) is 0 Å². The average Bonchev–Trinajstić information content (AvgIpc) is 3.21. The second-order valence-electron chi connectivity index (χ2n) is 14.0. The van der Waals surface area contributed by atoms with Gasteiger partial charge in [0.05, 0.1) is 23.1 Å². The van der Waals surface area contributed by atoms with Crippen LogP contribution in [0.15, 0.2) is 23.0 Å². The Morgan fingerprint density at radius 3 is 2.62 bits per heavy atom. The fourth-order valence-electron chi connectivity index (χ4n) is 10.2. The number of aryl methyl sites for hydroxylation is 2. The molecule has 10 atom stereocenters. The van der Waals surface area contributed by atoms with Crippen LogP contribution in [0.25, 0.3) is 10.9 Å². The summed E-state index contributed by atoms with van der Waals surface area (Å²) in [5, 5.41) is 22.5. The van der Waals surface area contributed by atoms with Gasteiger partial charge in [-0.05, 0) is 123 Å². The number of H-pyrrole nitrogens is 1. The molecule has 4 saturated carbocycles. The molecule has 1 aromatic carbocycles. The summed E-state index contributed by atoms with van der Waals surface area (Å²) in [6, 6.07) is 5.80. The predicted molar refractivity (Wildman–Crippen MR) is 147 cm³/mol. The third-order valence-electron chi connectivity index (χ3n) is 12.2. The molecule has 202 valence electrons. The topological polar surface area (TPSA) is 86.2 Å². The number of aliphatic hydroxyl groups excluding tert-OH is 2. The SMILES string of the molecule is Cc1cccc2c(=O)[nH]c(CC[C@@H](C)[C@H]3CC[C@H]4[C@H]5C(CC[C@]34C)[C@@]3(C)CC[C@@H](O)C[C@H]3C[C@H]5O)nc12. The van der Waals surface area contributed by atoms with Crippen LogP contribution in [0.3, 0.4) is 0 Å². The zero-order valence-corrected chi connectivity index (χ0v) is 23.2. The molecule has 4 aliphatic carbocycles. The van der Waals surface area contributed by atoms with Gasteiger partial charge in [-0.2, -0.15) is 0 Å². The maximum absolute atomic E-state index is 12.7. The van der Waals surface area contributed by atoms with E-state index < -0.39 is 0 Å². The molecule has 3 N–H and O–H groups in total. The third-order valence-corrected chi connectivity index (χ3v) is 12.2. The van der Waals surface area contributed by atoms with Crippen LogP contribution in [-0.2, 0) is 6.42 Å². The summed E-state index contributed by atoms with van der Waals surface area (Å²) in [5.74, 6) is 4.08. The number of nitrogens with one attached hydrogen (secondary N) is 1. The van der Waals surface area contributed by atoms with Crippen molar-refractivity contribution in [2.24, 2.45) is 46.3 Å². The molecule has 0 amide bonds. The molecular formula is C32H46N2O3. The summed E-state index contributed by atoms with van der Waals surface area (Å²) in [4.78, 5) is 20.6. The molecule has 1 unspecified atom stereocenters. The van der Waals surface area contributed by atoms with Gasteiger partial charge in [-0.25, -0.2) is 4.98 Å². The Labute approximate surface area is 221 Å². The molecule has 37 heavy (non-hydrogen) atoms. The summed E-state index contributed by atoms with van der Waals surface area (Å²) >= 11 is 0. The Bertz CT molecular complexity index is 1220. The molecule has 0 saturated heterocycles. The second-order valence-corrected chi connectivity index (χ2v) is 14.0. The lowest BCUT2D eigenvalue weighted by Crippen LogP contribution is -2.58. The number of nitrogens with zero attached hydrogens (tertiary/aromatic N) is 1. The predicted octanol–water partition coefficient (Wildman–Crippen LogP) is 5.79. The standard InChI is InChI=1S/C32H46N2O3/c1-18(8-11-27-33-29-19(2)6-5-7-22(29)30(37)34-27)23-9-10-24-28-25(13-15-32(23,24)4)31(3)14-12-21(35)16-20(31)17-26(28)36/h5-7,18,20-21,23-26,28,35-36H,8-17H2,1-4H3,(H,33,34,37)/t18-,20+,21-,23-,24+,25?,26-,28+,31+,32-/m1/s1. The highest BCUT2D eigenvalue weighted by Gasteiger charge is 2.62. The van der Waals surface area contributed by atoms with Gasteiger partial charge < -0.3 is 15.2 Å². The number of aromatic nitrogens is 2. The van der Waals surface area contributed by atoms with Crippen LogP contribution in [0.2, 0.25) is 0 Å². The van der Waals surface area contributed by atoms with E-state index in [1.807, 2.05) is 25.1 Å². The monoisotopic (exact) mass is 506 g/mol. The van der Waals surface area contributed by atoms with Crippen molar-refractivity contribution in [3.05, 3.63) is 39.9 Å². The number of hydrogen-bond donors (Lipinski definition) is 3. The molecule has 5 heteroatoms. The summed E-state index contributed by atoms with van der Waals surface area (Å²) in [6.45, 7) is 9.46. The summed E-state index contributed by atoms with van der Waals surface area (Å²) in [7, 11) is 0. The molecule has 6 rings (SSSR count). The van der Waals surface area contributed by atoms with Gasteiger partial charge >= 0.3 is 0 Å². The van der Waals surface area contributed by atoms with Gasteiger partial charge in [0.15, 0.2) is 0 Å². The van der Waals surface area contributed by atoms with Crippen LogP contribution in [0.4, 0.5) is 0 Å². The zero-order chi connectivity index (χ0) is 26.1. The largest absolute Gasteiger partial charge is 0.393 e. The molecule has 0 radical (unpaired) electrons. The Balaban J connectivity index is 1.19. The first-order chi connectivity index (χ1) is 17.6. The third kappa shape index (κ3) is 4.02. The molecule has 0 bridgehead atoms. The van der Waals surface area contributed by atoms with Gasteiger partial charge in [-0.1, -0.05) is 32.9 Å². The van der Waals surface area contributed by atoms with E-state index in [1.165, 1.54) is 25.7 Å². The quantitative estimate of drug-likeness (QED) is 0.490. The van der Waals surface area contributed by atoms with Crippen molar-refractivity contribution in [2.45, 2.75) is 104 Å². The molecule has 4 aliphatic rings. The van der Waals surface area contributed by atoms with Gasteiger partial charge in [-0.15, -0.1) is 0 Å².